The molecule has 0 fully saturated rings. The molecule has 2 aromatic heterocycles. The van der Waals surface area contributed by atoms with E-state index in [1.165, 1.54) is 11.3 Å². The maximum Gasteiger partial charge on any atom is 0.326 e. The summed E-state index contributed by atoms with van der Waals surface area (Å²) in [7, 11) is 0. The van der Waals surface area contributed by atoms with E-state index in [4.69, 9.17) is 0 Å². The maximum atomic E-state index is 11.0. The minimum atomic E-state index is -0.457. The van der Waals surface area contributed by atoms with Crippen molar-refractivity contribution in [1.82, 2.24) is 9.97 Å². The van der Waals surface area contributed by atoms with Gasteiger partial charge in [0.2, 0.25) is 0 Å². The van der Waals surface area contributed by atoms with Crippen molar-refractivity contribution in [3.63, 3.8) is 0 Å². The Balaban J connectivity index is 0.000000720. The molecule has 0 aliphatic rings. The van der Waals surface area contributed by atoms with E-state index in [1.54, 1.807) is 10.8 Å². The number of rotatable bonds is 0. The quantitative estimate of drug-likeness (QED) is 0.664. The number of aromatic amines is 2. The van der Waals surface area contributed by atoms with Crippen molar-refractivity contribution in [3.8, 4) is 0 Å². The lowest BCUT2D eigenvalue weighted by atomic mass is 10.4. The van der Waals surface area contributed by atoms with Gasteiger partial charge in [-0.15, -0.1) is 23.7 Å². The van der Waals surface area contributed by atoms with Gasteiger partial charge in [0, 0.05) is 10.8 Å². The van der Waals surface area contributed by atoms with Crippen molar-refractivity contribution < 1.29 is 0 Å². The highest BCUT2D eigenvalue weighted by Crippen LogP contribution is 2.09. The van der Waals surface area contributed by atoms with Crippen LogP contribution in [0.25, 0.3) is 10.9 Å². The summed E-state index contributed by atoms with van der Waals surface area (Å²) in [5.74, 6) is 0. The summed E-state index contributed by atoms with van der Waals surface area (Å²) in [5, 5.41) is 3.96. The molecule has 2 aromatic rings. The fraction of sp³-hybridized carbons (Fsp3) is 0. The molecule has 0 bridgehead atoms. The lowest BCUT2D eigenvalue weighted by Gasteiger charge is -1.84. The van der Waals surface area contributed by atoms with Crippen LogP contribution >= 0.6 is 23.7 Å². The molecule has 0 spiro atoms. The van der Waals surface area contributed by atoms with E-state index in [0.717, 1.165) is 0 Å². The van der Waals surface area contributed by atoms with E-state index in [0.29, 0.717) is 10.9 Å². The molecule has 0 unspecified atom stereocenters. The molecule has 0 saturated carbocycles. The van der Waals surface area contributed by atoms with Crippen LogP contribution in [-0.4, -0.2) is 9.97 Å². The molecule has 0 aromatic carbocycles. The van der Waals surface area contributed by atoms with Crippen LogP contribution in [0.3, 0.4) is 0 Å². The van der Waals surface area contributed by atoms with E-state index < -0.39 is 5.69 Å². The number of nitrogens with one attached hydrogen (secondary N) is 2. The van der Waals surface area contributed by atoms with E-state index in [-0.39, 0.29) is 18.0 Å². The summed E-state index contributed by atoms with van der Waals surface area (Å²) in [6, 6.07) is 0. The molecular formula is C6H5ClN2O2S. The molecular weight excluding hydrogens is 200 g/mol. The van der Waals surface area contributed by atoms with Crippen molar-refractivity contribution in [2.24, 2.45) is 0 Å². The minimum Gasteiger partial charge on any atom is -0.306 e. The smallest absolute Gasteiger partial charge is 0.306 e. The first-order chi connectivity index (χ1) is 5.27. The first kappa shape index (κ1) is 9.02. The van der Waals surface area contributed by atoms with E-state index in [1.807, 2.05) is 0 Å². The van der Waals surface area contributed by atoms with Gasteiger partial charge in [-0.25, -0.2) is 4.79 Å². The molecule has 0 aliphatic carbocycles. The monoisotopic (exact) mass is 204 g/mol. The van der Waals surface area contributed by atoms with Crippen LogP contribution in [-0.2, 0) is 0 Å². The van der Waals surface area contributed by atoms with E-state index in [9.17, 15) is 9.59 Å². The zero-order valence-corrected chi connectivity index (χ0v) is 7.42. The fourth-order valence-electron chi connectivity index (χ4n) is 0.894. The molecule has 4 nitrogen and oxygen atoms in total. The lowest BCUT2D eigenvalue weighted by Crippen LogP contribution is -2.20. The predicted molar refractivity (Wildman–Crippen MR) is 50.3 cm³/mol. The molecule has 0 amide bonds. The van der Waals surface area contributed by atoms with Crippen LogP contribution in [0.4, 0.5) is 0 Å². The Morgan fingerprint density at radius 2 is 1.92 bits per heavy atom. The highest BCUT2D eigenvalue weighted by Gasteiger charge is 1.98. The van der Waals surface area contributed by atoms with Gasteiger partial charge in [-0.1, -0.05) is 0 Å². The zero-order valence-electron chi connectivity index (χ0n) is 5.79. The largest absolute Gasteiger partial charge is 0.326 e. The Morgan fingerprint density at radius 3 is 2.67 bits per heavy atom. The van der Waals surface area contributed by atoms with Crippen LogP contribution in [0.2, 0.25) is 0 Å². The first-order valence-corrected chi connectivity index (χ1v) is 3.90. The topological polar surface area (TPSA) is 65.7 Å². The molecule has 2 rings (SSSR count). The summed E-state index contributed by atoms with van der Waals surface area (Å²) in [5.41, 5.74) is -0.186. The van der Waals surface area contributed by atoms with Crippen molar-refractivity contribution in [3.05, 3.63) is 31.6 Å². The normalized spacial score (nSPS) is 9.67. The van der Waals surface area contributed by atoms with E-state index >= 15 is 0 Å². The fourth-order valence-corrected chi connectivity index (χ4v) is 1.65. The molecule has 0 aliphatic heterocycles. The number of H-pyrrole nitrogens is 2. The Kier molecular flexibility index (Phi) is 2.35. The Labute approximate surface area is 76.7 Å². The van der Waals surface area contributed by atoms with Gasteiger partial charge in [-0.05, 0) is 0 Å². The maximum absolute atomic E-state index is 11.0. The van der Waals surface area contributed by atoms with Crippen LogP contribution in [0.1, 0.15) is 0 Å². The zero-order chi connectivity index (χ0) is 7.84. The van der Waals surface area contributed by atoms with Crippen molar-refractivity contribution in [2.45, 2.75) is 0 Å². The summed E-state index contributed by atoms with van der Waals surface area (Å²) in [6.07, 6.45) is 0. The molecule has 2 heterocycles. The van der Waals surface area contributed by atoms with Crippen molar-refractivity contribution in [1.29, 1.82) is 0 Å². The number of hydrogen-bond donors (Lipinski definition) is 2. The summed E-state index contributed by atoms with van der Waals surface area (Å²) >= 11 is 1.39. The number of aromatic nitrogens is 2. The Bertz CT molecular complexity index is 498. The molecule has 64 valence electrons. The third kappa shape index (κ3) is 1.28. The lowest BCUT2D eigenvalue weighted by molar-refractivity contribution is 1.08. The highest BCUT2D eigenvalue weighted by atomic mass is 35.5. The van der Waals surface area contributed by atoms with Gasteiger partial charge in [0.1, 0.15) is 0 Å². The molecule has 6 heteroatoms. The molecule has 0 saturated heterocycles. The van der Waals surface area contributed by atoms with E-state index in [2.05, 4.69) is 9.97 Å². The third-order valence-electron chi connectivity index (χ3n) is 1.38. The van der Waals surface area contributed by atoms with Crippen molar-refractivity contribution in [2.75, 3.05) is 0 Å². The average molecular weight is 205 g/mol. The Hall–Kier alpha value is -1.07. The first-order valence-electron chi connectivity index (χ1n) is 2.96. The second-order valence-electron chi connectivity index (χ2n) is 2.11. The highest BCUT2D eigenvalue weighted by molar-refractivity contribution is 7.09. The van der Waals surface area contributed by atoms with Crippen LogP contribution in [0.15, 0.2) is 20.3 Å². The van der Waals surface area contributed by atoms with Gasteiger partial charge in [-0.3, -0.25) is 9.78 Å². The number of hydrogen-bond acceptors (Lipinski definition) is 3. The predicted octanol–water partition coefficient (Wildman–Crippen LogP) is 0.700. The number of thiophene rings is 1. The summed E-state index contributed by atoms with van der Waals surface area (Å²) in [4.78, 5) is 26.3. The van der Waals surface area contributed by atoms with Gasteiger partial charge in [0.15, 0.2) is 0 Å². The summed E-state index contributed by atoms with van der Waals surface area (Å²) < 4.78 is 0. The summed E-state index contributed by atoms with van der Waals surface area (Å²) in [6.45, 7) is 0. The molecule has 2 N–H and O–H groups in total. The minimum absolute atomic E-state index is 0. The van der Waals surface area contributed by atoms with Crippen LogP contribution in [0, 0.1) is 0 Å². The number of fused-ring (bicyclic) bond motifs is 1. The van der Waals surface area contributed by atoms with Gasteiger partial charge in [0.25, 0.3) is 5.56 Å². The van der Waals surface area contributed by atoms with Crippen molar-refractivity contribution >= 4 is 34.6 Å². The Morgan fingerprint density at radius 1 is 1.17 bits per heavy atom. The molecule has 0 atom stereocenters. The third-order valence-corrected chi connectivity index (χ3v) is 2.13. The van der Waals surface area contributed by atoms with Crippen LogP contribution in [0.5, 0.6) is 0 Å². The van der Waals surface area contributed by atoms with Gasteiger partial charge in [0.05, 0.1) is 10.9 Å². The average Bonchev–Trinajstić information content (AvgIpc) is 2.34. The second-order valence-corrected chi connectivity index (χ2v) is 2.85. The van der Waals surface area contributed by atoms with Crippen LogP contribution < -0.4 is 11.2 Å². The molecule has 12 heavy (non-hydrogen) atoms. The molecule has 0 radical (unpaired) electrons. The SMILES string of the molecule is Cl.O=c1[nH]c(=O)c2cscc2[nH]1. The number of halogens is 1. The standard InChI is InChI=1S/C6H4N2O2S.ClH/c9-5-3-1-11-2-4(3)7-6(10)8-5;/h1-2H,(H2,7,8,9,10);1H. The second kappa shape index (κ2) is 3.12. The van der Waals surface area contributed by atoms with Gasteiger partial charge in [-0.2, -0.15) is 0 Å². The van der Waals surface area contributed by atoms with Gasteiger partial charge >= 0.3 is 5.69 Å². The van der Waals surface area contributed by atoms with Gasteiger partial charge < -0.3 is 4.98 Å².